The Morgan fingerprint density at radius 3 is 2.33 bits per heavy atom. The normalized spacial score (nSPS) is 11.7. The van der Waals surface area contributed by atoms with Gasteiger partial charge in [-0.25, -0.2) is 0 Å². The minimum absolute atomic E-state index is 0.125. The van der Waals surface area contributed by atoms with E-state index in [9.17, 15) is 5.11 Å². The lowest BCUT2D eigenvalue weighted by Crippen LogP contribution is -2.11. The molecule has 0 fully saturated rings. The van der Waals surface area contributed by atoms with E-state index in [0.717, 1.165) is 5.56 Å². The van der Waals surface area contributed by atoms with E-state index in [1.54, 1.807) is 6.07 Å². The fourth-order valence-electron chi connectivity index (χ4n) is 1.58. The van der Waals surface area contributed by atoms with Gasteiger partial charge in [0.05, 0.1) is 5.02 Å². The average Bonchev–Trinajstić information content (AvgIpc) is 2.48. The summed E-state index contributed by atoms with van der Waals surface area (Å²) in [6.45, 7) is 3.86. The number of para-hydroxylation sites is 1. The molecule has 0 amide bonds. The van der Waals surface area contributed by atoms with Gasteiger partial charge in [0, 0.05) is 5.56 Å². The molecule has 0 radical (unpaired) electrons. The van der Waals surface area contributed by atoms with Gasteiger partial charge < -0.3 is 9.84 Å². The van der Waals surface area contributed by atoms with Crippen molar-refractivity contribution in [2.24, 2.45) is 5.92 Å². The van der Waals surface area contributed by atoms with Gasteiger partial charge in [0.1, 0.15) is 17.6 Å². The van der Waals surface area contributed by atoms with Crippen LogP contribution in [-0.4, -0.2) is 11.2 Å². The molecule has 0 heterocycles. The van der Waals surface area contributed by atoms with E-state index in [0.29, 0.717) is 16.5 Å². The van der Waals surface area contributed by atoms with Crippen LogP contribution >= 0.6 is 11.6 Å². The van der Waals surface area contributed by atoms with Crippen LogP contribution < -0.4 is 4.74 Å². The lowest BCUT2D eigenvalue weighted by atomic mass is 10.1. The standard InChI is InChI=1S/C18H17ClO2/c1-13(2)17(20)12-9-14-7-10-15(11-8-14)21-18-6-4-3-5-16(18)19/h3-8,10-11,13,17,20H,1-2H3. The second-order valence-electron chi connectivity index (χ2n) is 5.02. The number of hydrogen-bond acceptors (Lipinski definition) is 2. The van der Waals surface area contributed by atoms with Gasteiger partial charge in [0.2, 0.25) is 0 Å². The Morgan fingerprint density at radius 2 is 1.71 bits per heavy atom. The largest absolute Gasteiger partial charge is 0.456 e. The molecule has 2 nitrogen and oxygen atoms in total. The van der Waals surface area contributed by atoms with Crippen LogP contribution in [0, 0.1) is 17.8 Å². The third-order valence-corrected chi connectivity index (χ3v) is 3.23. The number of hydrogen-bond donors (Lipinski definition) is 1. The Kier molecular flexibility index (Phi) is 5.27. The maximum Gasteiger partial charge on any atom is 0.146 e. The molecule has 0 spiro atoms. The first-order valence-electron chi connectivity index (χ1n) is 6.78. The lowest BCUT2D eigenvalue weighted by molar-refractivity contribution is 0.181. The minimum Gasteiger partial charge on any atom is -0.456 e. The van der Waals surface area contributed by atoms with Gasteiger partial charge >= 0.3 is 0 Å². The van der Waals surface area contributed by atoms with Crippen LogP contribution in [-0.2, 0) is 0 Å². The van der Waals surface area contributed by atoms with Gasteiger partial charge in [-0.1, -0.05) is 49.4 Å². The van der Waals surface area contributed by atoms with Crippen LogP contribution in [0.4, 0.5) is 0 Å². The Hall–Kier alpha value is -1.95. The molecule has 0 aliphatic rings. The number of rotatable bonds is 3. The molecular weight excluding hydrogens is 284 g/mol. The first-order chi connectivity index (χ1) is 10.1. The molecule has 3 heteroatoms. The predicted octanol–water partition coefficient (Wildman–Crippen LogP) is 4.50. The van der Waals surface area contributed by atoms with Gasteiger partial charge in [-0.3, -0.25) is 0 Å². The summed E-state index contributed by atoms with van der Waals surface area (Å²) in [7, 11) is 0. The summed E-state index contributed by atoms with van der Waals surface area (Å²) in [5.41, 5.74) is 0.834. The van der Waals surface area contributed by atoms with Crippen LogP contribution in [0.25, 0.3) is 0 Å². The summed E-state index contributed by atoms with van der Waals surface area (Å²) in [4.78, 5) is 0. The van der Waals surface area contributed by atoms with Crippen LogP contribution in [0.1, 0.15) is 19.4 Å². The summed E-state index contributed by atoms with van der Waals surface area (Å²) in [6, 6.07) is 14.7. The molecule has 2 aromatic carbocycles. The third-order valence-electron chi connectivity index (χ3n) is 2.91. The average molecular weight is 301 g/mol. The third kappa shape index (κ3) is 4.53. The van der Waals surface area contributed by atoms with Crippen molar-refractivity contribution in [3.8, 4) is 23.3 Å². The fourth-order valence-corrected chi connectivity index (χ4v) is 1.76. The van der Waals surface area contributed by atoms with Gasteiger partial charge in [-0.2, -0.15) is 0 Å². The van der Waals surface area contributed by atoms with E-state index in [1.807, 2.05) is 56.3 Å². The molecule has 2 rings (SSSR count). The van der Waals surface area contributed by atoms with E-state index in [2.05, 4.69) is 11.8 Å². The zero-order valence-electron chi connectivity index (χ0n) is 12.0. The molecule has 21 heavy (non-hydrogen) atoms. The molecule has 108 valence electrons. The Labute approximate surface area is 130 Å². The Bertz CT molecular complexity index is 651. The van der Waals surface area contributed by atoms with Crippen molar-refractivity contribution in [1.82, 2.24) is 0 Å². The van der Waals surface area contributed by atoms with Crippen molar-refractivity contribution in [2.45, 2.75) is 20.0 Å². The first-order valence-corrected chi connectivity index (χ1v) is 7.16. The summed E-state index contributed by atoms with van der Waals surface area (Å²) in [6.07, 6.45) is -0.607. The monoisotopic (exact) mass is 300 g/mol. The van der Waals surface area contributed by atoms with Gasteiger partial charge in [0.25, 0.3) is 0 Å². The Morgan fingerprint density at radius 1 is 1.05 bits per heavy atom. The summed E-state index contributed by atoms with van der Waals surface area (Å²) < 4.78 is 5.70. The molecule has 0 aromatic heterocycles. The Balaban J connectivity index is 2.08. The van der Waals surface area contributed by atoms with E-state index < -0.39 is 6.10 Å². The minimum atomic E-state index is -0.607. The van der Waals surface area contributed by atoms with Crippen molar-refractivity contribution in [1.29, 1.82) is 0 Å². The zero-order valence-corrected chi connectivity index (χ0v) is 12.8. The molecule has 1 atom stereocenters. The topological polar surface area (TPSA) is 29.5 Å². The lowest BCUT2D eigenvalue weighted by Gasteiger charge is -2.07. The zero-order chi connectivity index (χ0) is 15.2. The summed E-state index contributed by atoms with van der Waals surface area (Å²) in [5.74, 6) is 7.20. The van der Waals surface area contributed by atoms with E-state index in [1.165, 1.54) is 0 Å². The highest BCUT2D eigenvalue weighted by molar-refractivity contribution is 6.32. The molecule has 0 saturated carbocycles. The first kappa shape index (κ1) is 15.4. The highest BCUT2D eigenvalue weighted by Crippen LogP contribution is 2.28. The number of aliphatic hydroxyl groups is 1. The van der Waals surface area contributed by atoms with Crippen LogP contribution in [0.15, 0.2) is 48.5 Å². The van der Waals surface area contributed by atoms with Crippen LogP contribution in [0.5, 0.6) is 11.5 Å². The SMILES string of the molecule is CC(C)C(O)C#Cc1ccc(Oc2ccccc2Cl)cc1. The predicted molar refractivity (Wildman–Crippen MR) is 85.7 cm³/mol. The fraction of sp³-hybridized carbons (Fsp3) is 0.222. The van der Waals surface area contributed by atoms with E-state index in [-0.39, 0.29) is 5.92 Å². The smallest absolute Gasteiger partial charge is 0.146 e. The second kappa shape index (κ2) is 7.17. The highest BCUT2D eigenvalue weighted by Gasteiger charge is 2.04. The van der Waals surface area contributed by atoms with Crippen molar-refractivity contribution < 1.29 is 9.84 Å². The van der Waals surface area contributed by atoms with Crippen molar-refractivity contribution >= 4 is 11.6 Å². The van der Waals surface area contributed by atoms with Gasteiger partial charge in [-0.15, -0.1) is 0 Å². The second-order valence-corrected chi connectivity index (χ2v) is 5.42. The van der Waals surface area contributed by atoms with Crippen LogP contribution in [0.2, 0.25) is 5.02 Å². The summed E-state index contributed by atoms with van der Waals surface area (Å²) >= 11 is 6.04. The highest BCUT2D eigenvalue weighted by atomic mass is 35.5. The van der Waals surface area contributed by atoms with Crippen LogP contribution in [0.3, 0.4) is 0 Å². The maximum atomic E-state index is 9.65. The molecule has 1 N–H and O–H groups in total. The van der Waals surface area contributed by atoms with Crippen molar-refractivity contribution in [2.75, 3.05) is 0 Å². The number of benzene rings is 2. The quantitative estimate of drug-likeness (QED) is 0.846. The number of aliphatic hydroxyl groups excluding tert-OH is 1. The van der Waals surface area contributed by atoms with Crippen molar-refractivity contribution in [3.63, 3.8) is 0 Å². The molecule has 2 aromatic rings. The maximum absolute atomic E-state index is 9.65. The van der Waals surface area contributed by atoms with E-state index in [4.69, 9.17) is 16.3 Å². The molecule has 0 bridgehead atoms. The molecule has 1 unspecified atom stereocenters. The van der Waals surface area contributed by atoms with Gasteiger partial charge in [0.15, 0.2) is 0 Å². The molecule has 0 saturated heterocycles. The molecular formula is C18H17ClO2. The molecule has 0 aliphatic heterocycles. The summed E-state index contributed by atoms with van der Waals surface area (Å²) in [5, 5.41) is 10.2. The number of halogens is 1. The van der Waals surface area contributed by atoms with Gasteiger partial charge in [-0.05, 0) is 42.3 Å². The van der Waals surface area contributed by atoms with E-state index >= 15 is 0 Å². The number of ether oxygens (including phenoxy) is 1. The van der Waals surface area contributed by atoms with Crippen molar-refractivity contribution in [3.05, 3.63) is 59.1 Å². The molecule has 0 aliphatic carbocycles.